The quantitative estimate of drug-likeness (QED) is 0.122. The number of furan rings is 2. The normalized spacial score (nSPS) is 11.7. The topological polar surface area (TPSA) is 32.8 Å². The molecule has 2 heterocycles. The standard InChI is InChI=1S/C82H60N2O2/c1-82(2,3)63-52-66(83(80-68(55-24-8-4-9-25-55)38-22-39-69(80)56-26-10-5-11-27-56)64-34-20-32-59(48-64)61-44-46-78-74(50-61)72-36-16-18-42-76(72)85-78)54-67(53-63)84(81-70(57-28-12-6-13-29-57)40-23-41-71(81)58-30-14-7-15-31-58)65-35-21-33-60(49-65)62-45-47-79-75(51-62)73-37-17-19-43-77(73)86-79/h4-54H,1-3H3. The zero-order chi connectivity index (χ0) is 57.7. The molecule has 0 amide bonds. The van der Waals surface area contributed by atoms with E-state index >= 15 is 0 Å². The number of anilines is 6. The number of benzene rings is 13. The molecule has 13 aromatic carbocycles. The number of rotatable bonds is 12. The average Bonchev–Trinajstić information content (AvgIpc) is 2.00. The number of hydrogen-bond donors (Lipinski definition) is 0. The SMILES string of the molecule is CC(C)(C)c1cc(N(c2cccc(-c3ccc4oc5ccccc5c4c3)c2)c2c(-c3ccccc3)cccc2-c2ccccc2)cc(N(c2cccc(-c3ccc4oc5ccccc5c4c3)c2)c2c(-c3ccccc3)cccc2-c2ccccc2)c1. The molecule has 4 heteroatoms. The van der Waals surface area contributed by atoms with E-state index in [2.05, 4.69) is 316 Å². The summed E-state index contributed by atoms with van der Waals surface area (Å²) in [6.07, 6.45) is 0. The van der Waals surface area contributed by atoms with Gasteiger partial charge in [0, 0.05) is 66.5 Å². The van der Waals surface area contributed by atoms with Gasteiger partial charge in [0.1, 0.15) is 22.3 Å². The van der Waals surface area contributed by atoms with Crippen molar-refractivity contribution in [2.75, 3.05) is 9.80 Å². The maximum absolute atomic E-state index is 6.37. The minimum Gasteiger partial charge on any atom is -0.456 e. The summed E-state index contributed by atoms with van der Waals surface area (Å²) in [4.78, 5) is 5.05. The molecule has 15 rings (SSSR count). The maximum atomic E-state index is 6.37. The summed E-state index contributed by atoms with van der Waals surface area (Å²) in [5.74, 6) is 0. The number of hydrogen-bond acceptors (Lipinski definition) is 4. The molecule has 4 nitrogen and oxygen atoms in total. The van der Waals surface area contributed by atoms with Crippen LogP contribution in [0, 0.1) is 0 Å². The number of nitrogens with zero attached hydrogens (tertiary/aromatic N) is 2. The van der Waals surface area contributed by atoms with E-state index < -0.39 is 0 Å². The van der Waals surface area contributed by atoms with E-state index in [9.17, 15) is 0 Å². The molecule has 0 fully saturated rings. The first-order chi connectivity index (χ1) is 42.3. The summed E-state index contributed by atoms with van der Waals surface area (Å²) in [6, 6.07) is 112. The smallest absolute Gasteiger partial charge is 0.135 e. The predicted octanol–water partition coefficient (Wildman–Crippen LogP) is 23.7. The number of fused-ring (bicyclic) bond motifs is 6. The van der Waals surface area contributed by atoms with Crippen molar-refractivity contribution in [3.63, 3.8) is 0 Å². The molecule has 0 aliphatic heterocycles. The van der Waals surface area contributed by atoms with Crippen LogP contribution in [0.2, 0.25) is 0 Å². The second kappa shape index (κ2) is 21.7. The van der Waals surface area contributed by atoms with Gasteiger partial charge >= 0.3 is 0 Å². The van der Waals surface area contributed by atoms with Gasteiger partial charge in [-0.1, -0.05) is 251 Å². The Morgan fingerprint density at radius 3 is 0.919 bits per heavy atom. The summed E-state index contributed by atoms with van der Waals surface area (Å²) < 4.78 is 12.7. The van der Waals surface area contributed by atoms with Crippen molar-refractivity contribution in [2.45, 2.75) is 26.2 Å². The van der Waals surface area contributed by atoms with Crippen LogP contribution >= 0.6 is 0 Å². The van der Waals surface area contributed by atoms with Crippen LogP contribution in [0.3, 0.4) is 0 Å². The fourth-order valence-corrected chi connectivity index (χ4v) is 12.5. The van der Waals surface area contributed by atoms with Gasteiger partial charge in [-0.2, -0.15) is 0 Å². The molecular formula is C82H60N2O2. The molecule has 0 saturated heterocycles. The highest BCUT2D eigenvalue weighted by Gasteiger charge is 2.29. The largest absolute Gasteiger partial charge is 0.456 e. The molecule has 15 aromatic rings. The molecule has 2 aromatic heterocycles. The van der Waals surface area contributed by atoms with Gasteiger partial charge in [0.2, 0.25) is 0 Å². The molecule has 0 radical (unpaired) electrons. The molecule has 86 heavy (non-hydrogen) atoms. The van der Waals surface area contributed by atoms with E-state index in [4.69, 9.17) is 8.83 Å². The average molecular weight is 1110 g/mol. The van der Waals surface area contributed by atoms with Crippen molar-refractivity contribution >= 4 is 78.0 Å². The van der Waals surface area contributed by atoms with Crippen LogP contribution in [-0.2, 0) is 5.41 Å². The zero-order valence-electron chi connectivity index (χ0n) is 48.2. The van der Waals surface area contributed by atoms with E-state index in [1.807, 2.05) is 24.3 Å². The van der Waals surface area contributed by atoms with Gasteiger partial charge in [-0.3, -0.25) is 0 Å². The van der Waals surface area contributed by atoms with E-state index in [1.165, 1.54) is 5.56 Å². The predicted molar refractivity (Wildman–Crippen MR) is 362 cm³/mol. The summed E-state index contributed by atoms with van der Waals surface area (Å²) >= 11 is 0. The first kappa shape index (κ1) is 51.9. The van der Waals surface area contributed by atoms with Crippen molar-refractivity contribution in [2.24, 2.45) is 0 Å². The van der Waals surface area contributed by atoms with Crippen molar-refractivity contribution in [1.29, 1.82) is 0 Å². The second-order valence-corrected chi connectivity index (χ2v) is 23.2. The molecule has 0 bridgehead atoms. The minimum absolute atomic E-state index is 0.306. The first-order valence-electron chi connectivity index (χ1n) is 29.5. The third-order valence-corrected chi connectivity index (χ3v) is 16.8. The van der Waals surface area contributed by atoms with Gasteiger partial charge in [0.25, 0.3) is 0 Å². The van der Waals surface area contributed by atoms with Crippen LogP contribution in [0.5, 0.6) is 0 Å². The van der Waals surface area contributed by atoms with Crippen LogP contribution in [0.1, 0.15) is 26.3 Å². The maximum Gasteiger partial charge on any atom is 0.135 e. The highest BCUT2D eigenvalue weighted by molar-refractivity contribution is 6.08. The molecule has 0 atom stereocenters. The lowest BCUT2D eigenvalue weighted by Gasteiger charge is -2.35. The lowest BCUT2D eigenvalue weighted by molar-refractivity contribution is 0.590. The summed E-state index contributed by atoms with van der Waals surface area (Å²) in [6.45, 7) is 6.99. The molecule has 0 aliphatic carbocycles. The third kappa shape index (κ3) is 9.57. The first-order valence-corrected chi connectivity index (χ1v) is 29.5. The number of para-hydroxylation sites is 4. The van der Waals surface area contributed by atoms with E-state index in [0.29, 0.717) is 0 Å². The Bertz CT molecular complexity index is 4560. The minimum atomic E-state index is -0.306. The highest BCUT2D eigenvalue weighted by Crippen LogP contribution is 2.53. The lowest BCUT2D eigenvalue weighted by Crippen LogP contribution is -2.19. The lowest BCUT2D eigenvalue weighted by atomic mass is 9.85. The fraction of sp³-hybridized carbons (Fsp3) is 0.0488. The Balaban J connectivity index is 1.03. The molecule has 0 N–H and O–H groups in total. The van der Waals surface area contributed by atoms with Gasteiger partial charge in [0.15, 0.2) is 0 Å². The Morgan fingerprint density at radius 1 is 0.233 bits per heavy atom. The van der Waals surface area contributed by atoms with Crippen molar-refractivity contribution < 1.29 is 8.83 Å². The van der Waals surface area contributed by atoms with E-state index in [0.717, 1.165) is 145 Å². The molecular weight excluding hydrogens is 1040 g/mol. The van der Waals surface area contributed by atoms with Gasteiger partial charge in [0.05, 0.1) is 11.4 Å². The molecule has 0 saturated carbocycles. The van der Waals surface area contributed by atoms with Crippen LogP contribution in [-0.4, -0.2) is 0 Å². The third-order valence-electron chi connectivity index (χ3n) is 16.8. The van der Waals surface area contributed by atoms with Gasteiger partial charge < -0.3 is 18.6 Å². The fourth-order valence-electron chi connectivity index (χ4n) is 12.5. The molecule has 410 valence electrons. The van der Waals surface area contributed by atoms with Crippen LogP contribution in [0.15, 0.2) is 318 Å². The van der Waals surface area contributed by atoms with Crippen molar-refractivity contribution in [1.82, 2.24) is 0 Å². The van der Waals surface area contributed by atoms with Crippen LogP contribution < -0.4 is 9.80 Å². The van der Waals surface area contributed by atoms with Gasteiger partial charge in [-0.15, -0.1) is 0 Å². The van der Waals surface area contributed by atoms with E-state index in [1.54, 1.807) is 0 Å². The Morgan fingerprint density at radius 2 is 0.547 bits per heavy atom. The van der Waals surface area contributed by atoms with Crippen LogP contribution in [0.4, 0.5) is 34.1 Å². The molecule has 0 spiro atoms. The second-order valence-electron chi connectivity index (χ2n) is 23.2. The molecule has 0 aliphatic rings. The zero-order valence-corrected chi connectivity index (χ0v) is 48.2. The summed E-state index contributed by atoms with van der Waals surface area (Å²) in [5, 5.41) is 4.39. The van der Waals surface area contributed by atoms with Gasteiger partial charge in [-0.25, -0.2) is 0 Å². The van der Waals surface area contributed by atoms with Crippen molar-refractivity contribution in [3.8, 4) is 66.8 Å². The summed E-state index contributed by atoms with van der Waals surface area (Å²) in [5.41, 5.74) is 23.9. The Labute approximate surface area is 501 Å². The van der Waals surface area contributed by atoms with E-state index in [-0.39, 0.29) is 5.41 Å². The summed E-state index contributed by atoms with van der Waals surface area (Å²) in [7, 11) is 0. The molecule has 0 unspecified atom stereocenters. The Hall–Kier alpha value is -10.9. The highest BCUT2D eigenvalue weighted by atomic mass is 16.3. The monoisotopic (exact) mass is 1100 g/mol. The Kier molecular flexibility index (Phi) is 13.1. The van der Waals surface area contributed by atoms with Crippen LogP contribution in [0.25, 0.3) is 111 Å². The van der Waals surface area contributed by atoms with Crippen molar-refractivity contribution in [3.05, 3.63) is 315 Å². The van der Waals surface area contributed by atoms with Gasteiger partial charge in [-0.05, 0) is 134 Å².